The summed E-state index contributed by atoms with van der Waals surface area (Å²) in [5.41, 5.74) is 0. The lowest BCUT2D eigenvalue weighted by molar-refractivity contribution is 0.289. The highest BCUT2D eigenvalue weighted by Gasteiger charge is 2.09. The molecular formula is C9H11ClFNOS. The van der Waals surface area contributed by atoms with Crippen LogP contribution in [0.1, 0.15) is 13.3 Å². The first-order valence-electron chi connectivity index (χ1n) is 4.22. The molecule has 78 valence electrons. The average Bonchev–Trinajstić information content (AvgIpc) is 2.10. The SMILES string of the molecule is CC(CCO)Sc1ncc(Cl)cc1F. The van der Waals surface area contributed by atoms with Gasteiger partial charge in [0.05, 0.1) is 5.02 Å². The zero-order valence-corrected chi connectivity index (χ0v) is 9.28. The summed E-state index contributed by atoms with van der Waals surface area (Å²) >= 11 is 6.86. The normalized spacial score (nSPS) is 12.9. The maximum Gasteiger partial charge on any atom is 0.156 e. The zero-order chi connectivity index (χ0) is 10.6. The molecule has 0 fully saturated rings. The van der Waals surface area contributed by atoms with E-state index in [2.05, 4.69) is 4.98 Å². The lowest BCUT2D eigenvalue weighted by Gasteiger charge is -2.08. The molecule has 0 bridgehead atoms. The van der Waals surface area contributed by atoms with Gasteiger partial charge in [-0.15, -0.1) is 11.8 Å². The lowest BCUT2D eigenvalue weighted by atomic mass is 10.3. The van der Waals surface area contributed by atoms with Gasteiger partial charge in [-0.1, -0.05) is 18.5 Å². The van der Waals surface area contributed by atoms with Crippen molar-refractivity contribution in [3.05, 3.63) is 23.1 Å². The van der Waals surface area contributed by atoms with E-state index in [4.69, 9.17) is 16.7 Å². The molecule has 0 aliphatic heterocycles. The highest BCUT2D eigenvalue weighted by molar-refractivity contribution is 7.99. The minimum Gasteiger partial charge on any atom is -0.396 e. The van der Waals surface area contributed by atoms with Crippen molar-refractivity contribution in [1.82, 2.24) is 4.98 Å². The van der Waals surface area contributed by atoms with E-state index < -0.39 is 5.82 Å². The molecule has 0 saturated carbocycles. The summed E-state index contributed by atoms with van der Waals surface area (Å²) in [6, 6.07) is 1.24. The Hall–Kier alpha value is -0.320. The first kappa shape index (κ1) is 11.8. The number of aromatic nitrogens is 1. The van der Waals surface area contributed by atoms with Gasteiger partial charge >= 0.3 is 0 Å². The molecule has 0 saturated heterocycles. The number of pyridine rings is 1. The van der Waals surface area contributed by atoms with Gasteiger partial charge < -0.3 is 5.11 Å². The van der Waals surface area contributed by atoms with Crippen molar-refractivity contribution in [3.63, 3.8) is 0 Å². The van der Waals surface area contributed by atoms with Crippen LogP contribution in [0.4, 0.5) is 4.39 Å². The van der Waals surface area contributed by atoms with Gasteiger partial charge in [0, 0.05) is 18.1 Å². The molecule has 1 rings (SSSR count). The van der Waals surface area contributed by atoms with E-state index in [1.165, 1.54) is 24.0 Å². The first-order chi connectivity index (χ1) is 6.63. The van der Waals surface area contributed by atoms with Crippen molar-refractivity contribution in [2.75, 3.05) is 6.61 Å². The average molecular weight is 236 g/mol. The second-order valence-corrected chi connectivity index (χ2v) is 4.74. The number of aliphatic hydroxyl groups is 1. The summed E-state index contributed by atoms with van der Waals surface area (Å²) < 4.78 is 13.2. The molecule has 1 unspecified atom stereocenters. The Morgan fingerprint density at radius 2 is 2.43 bits per heavy atom. The molecule has 1 heterocycles. The van der Waals surface area contributed by atoms with Crippen LogP contribution in [0.2, 0.25) is 5.02 Å². The number of aliphatic hydroxyl groups excluding tert-OH is 1. The lowest BCUT2D eigenvalue weighted by Crippen LogP contribution is -2.00. The Kier molecular flexibility index (Phi) is 4.65. The molecule has 0 amide bonds. The van der Waals surface area contributed by atoms with Gasteiger partial charge in [0.2, 0.25) is 0 Å². The van der Waals surface area contributed by atoms with E-state index in [0.717, 1.165) is 0 Å². The van der Waals surface area contributed by atoms with Gasteiger partial charge in [0.15, 0.2) is 5.82 Å². The molecule has 1 aromatic rings. The van der Waals surface area contributed by atoms with E-state index >= 15 is 0 Å². The van der Waals surface area contributed by atoms with E-state index in [0.29, 0.717) is 16.5 Å². The fourth-order valence-corrected chi connectivity index (χ4v) is 1.95. The summed E-state index contributed by atoms with van der Waals surface area (Å²) in [5, 5.41) is 9.44. The van der Waals surface area contributed by atoms with Gasteiger partial charge in [-0.2, -0.15) is 0 Å². The monoisotopic (exact) mass is 235 g/mol. The first-order valence-corrected chi connectivity index (χ1v) is 5.48. The summed E-state index contributed by atoms with van der Waals surface area (Å²) in [6.07, 6.45) is 2.03. The van der Waals surface area contributed by atoms with Crippen LogP contribution >= 0.6 is 23.4 Å². The van der Waals surface area contributed by atoms with Crippen LogP contribution in [0.15, 0.2) is 17.3 Å². The molecule has 0 radical (unpaired) electrons. The molecule has 1 atom stereocenters. The number of nitrogens with zero attached hydrogens (tertiary/aromatic N) is 1. The summed E-state index contributed by atoms with van der Waals surface area (Å²) in [6.45, 7) is 2.01. The smallest absolute Gasteiger partial charge is 0.156 e. The van der Waals surface area contributed by atoms with E-state index in [-0.39, 0.29) is 11.9 Å². The third kappa shape index (κ3) is 3.44. The Morgan fingerprint density at radius 1 is 1.71 bits per heavy atom. The van der Waals surface area contributed by atoms with Crippen LogP contribution in [-0.4, -0.2) is 21.9 Å². The van der Waals surface area contributed by atoms with Gasteiger partial charge in [0.1, 0.15) is 5.03 Å². The van der Waals surface area contributed by atoms with E-state index in [1.54, 1.807) is 0 Å². The van der Waals surface area contributed by atoms with Gasteiger partial charge in [-0.25, -0.2) is 9.37 Å². The molecule has 1 aromatic heterocycles. The summed E-state index contributed by atoms with van der Waals surface area (Å²) in [7, 11) is 0. The van der Waals surface area contributed by atoms with Crippen molar-refractivity contribution in [1.29, 1.82) is 0 Å². The Morgan fingerprint density at radius 3 is 3.00 bits per heavy atom. The second-order valence-electron chi connectivity index (χ2n) is 2.88. The third-order valence-corrected chi connectivity index (χ3v) is 2.99. The molecule has 5 heteroatoms. The third-order valence-electron chi connectivity index (χ3n) is 1.62. The van der Waals surface area contributed by atoms with Crippen molar-refractivity contribution in [2.24, 2.45) is 0 Å². The fourth-order valence-electron chi connectivity index (χ4n) is 0.920. The molecule has 1 N–H and O–H groups in total. The van der Waals surface area contributed by atoms with Crippen LogP contribution in [0, 0.1) is 5.82 Å². The van der Waals surface area contributed by atoms with Crippen molar-refractivity contribution in [2.45, 2.75) is 23.6 Å². The Labute approximate surface area is 91.5 Å². The Bertz CT molecular complexity index is 311. The van der Waals surface area contributed by atoms with Gasteiger partial charge in [0.25, 0.3) is 0 Å². The van der Waals surface area contributed by atoms with Crippen LogP contribution in [0.3, 0.4) is 0 Å². The predicted octanol–water partition coefficient (Wildman–Crippen LogP) is 2.74. The highest BCUT2D eigenvalue weighted by atomic mass is 35.5. The molecule has 0 aromatic carbocycles. The summed E-state index contributed by atoms with van der Waals surface area (Å²) in [4.78, 5) is 3.87. The van der Waals surface area contributed by atoms with Crippen LogP contribution in [-0.2, 0) is 0 Å². The van der Waals surface area contributed by atoms with Crippen molar-refractivity contribution in [3.8, 4) is 0 Å². The number of halogens is 2. The Balaban J connectivity index is 2.67. The quantitative estimate of drug-likeness (QED) is 0.815. The van der Waals surface area contributed by atoms with E-state index in [1.807, 2.05) is 6.92 Å². The zero-order valence-electron chi connectivity index (χ0n) is 7.70. The molecule has 0 aliphatic carbocycles. The number of thioether (sulfide) groups is 1. The van der Waals surface area contributed by atoms with Gasteiger partial charge in [-0.05, 0) is 12.5 Å². The number of hydrogen-bond donors (Lipinski definition) is 1. The van der Waals surface area contributed by atoms with Crippen molar-refractivity contribution < 1.29 is 9.50 Å². The highest BCUT2D eigenvalue weighted by Crippen LogP contribution is 2.26. The topological polar surface area (TPSA) is 33.1 Å². The molecule has 14 heavy (non-hydrogen) atoms. The van der Waals surface area contributed by atoms with Crippen molar-refractivity contribution >= 4 is 23.4 Å². The molecular weight excluding hydrogens is 225 g/mol. The van der Waals surface area contributed by atoms with Crippen LogP contribution < -0.4 is 0 Å². The summed E-state index contributed by atoms with van der Waals surface area (Å²) in [5.74, 6) is -0.410. The molecule has 0 aliphatic rings. The maximum atomic E-state index is 13.2. The minimum atomic E-state index is -0.410. The molecule has 0 spiro atoms. The maximum absolute atomic E-state index is 13.2. The molecule has 2 nitrogen and oxygen atoms in total. The van der Waals surface area contributed by atoms with Crippen LogP contribution in [0.25, 0.3) is 0 Å². The standard InChI is InChI=1S/C9H11ClFNOS/c1-6(2-3-13)14-9-8(11)4-7(10)5-12-9/h4-6,13H,2-3H2,1H3. The second kappa shape index (κ2) is 5.53. The number of rotatable bonds is 4. The largest absolute Gasteiger partial charge is 0.396 e. The number of hydrogen-bond acceptors (Lipinski definition) is 3. The van der Waals surface area contributed by atoms with Crippen LogP contribution in [0.5, 0.6) is 0 Å². The fraction of sp³-hybridized carbons (Fsp3) is 0.444. The minimum absolute atomic E-state index is 0.101. The van der Waals surface area contributed by atoms with E-state index in [9.17, 15) is 4.39 Å². The predicted molar refractivity (Wildman–Crippen MR) is 56.2 cm³/mol. The van der Waals surface area contributed by atoms with Gasteiger partial charge in [-0.3, -0.25) is 0 Å².